The Hall–Kier alpha value is -1.39. The zero-order valence-electron chi connectivity index (χ0n) is 12.0. The number of nitrogens with zero attached hydrogens (tertiary/aromatic N) is 3. The van der Waals surface area contributed by atoms with E-state index in [1.807, 2.05) is 45.0 Å². The van der Waals surface area contributed by atoms with Gasteiger partial charge in [-0.25, -0.2) is 4.98 Å². The van der Waals surface area contributed by atoms with Crippen molar-refractivity contribution in [1.29, 1.82) is 0 Å². The third-order valence-electron chi connectivity index (χ3n) is 3.73. The molecule has 0 amide bonds. The van der Waals surface area contributed by atoms with E-state index in [9.17, 15) is 5.11 Å². The zero-order valence-corrected chi connectivity index (χ0v) is 12.8. The van der Waals surface area contributed by atoms with Crippen LogP contribution in [0.1, 0.15) is 26.3 Å². The fourth-order valence-corrected chi connectivity index (χ4v) is 2.30. The van der Waals surface area contributed by atoms with Gasteiger partial charge in [0.1, 0.15) is 12.7 Å². The molecule has 1 atom stereocenters. The summed E-state index contributed by atoms with van der Waals surface area (Å²) in [5.74, 6) is 0. The maximum Gasteiger partial charge on any atom is 0.137 e. The molecule has 4 nitrogen and oxygen atoms in total. The first kappa shape index (κ1) is 15.0. The third-order valence-corrected chi connectivity index (χ3v) is 4.10. The summed E-state index contributed by atoms with van der Waals surface area (Å²) >= 11 is 6.22. The Morgan fingerprint density at radius 3 is 2.50 bits per heavy atom. The van der Waals surface area contributed by atoms with Crippen LogP contribution in [0.4, 0.5) is 0 Å². The summed E-state index contributed by atoms with van der Waals surface area (Å²) in [4.78, 5) is 3.93. The number of hydrogen-bond donors (Lipinski definition) is 1. The Balaban J connectivity index is 2.31. The van der Waals surface area contributed by atoms with Crippen molar-refractivity contribution in [3.63, 3.8) is 0 Å². The number of aliphatic hydroxyl groups is 1. The van der Waals surface area contributed by atoms with Gasteiger partial charge in [0.15, 0.2) is 0 Å². The molecule has 1 N–H and O–H groups in total. The van der Waals surface area contributed by atoms with Gasteiger partial charge in [0.2, 0.25) is 0 Å². The standard InChI is InChI=1S/C15H20ClN3O/c1-14(2,3)15(20,9-19-11-17-10-18-19)8-12-6-4-5-7-13(12)16/h4-7,10-11,20H,8-9H2,1-3H3. The first-order valence-corrected chi connectivity index (χ1v) is 6.98. The average Bonchev–Trinajstić information content (AvgIpc) is 2.83. The van der Waals surface area contributed by atoms with E-state index in [0.29, 0.717) is 18.0 Å². The largest absolute Gasteiger partial charge is 0.387 e. The van der Waals surface area contributed by atoms with E-state index in [0.717, 1.165) is 5.56 Å². The van der Waals surface area contributed by atoms with Crippen LogP contribution in [0.15, 0.2) is 36.9 Å². The number of rotatable bonds is 4. The van der Waals surface area contributed by atoms with Crippen LogP contribution in [-0.2, 0) is 13.0 Å². The van der Waals surface area contributed by atoms with Crippen LogP contribution in [0.5, 0.6) is 0 Å². The number of aromatic nitrogens is 3. The molecule has 0 aliphatic heterocycles. The predicted octanol–water partition coefficient (Wildman–Crippen LogP) is 2.95. The van der Waals surface area contributed by atoms with Crippen molar-refractivity contribution >= 4 is 11.6 Å². The lowest BCUT2D eigenvalue weighted by atomic mass is 9.73. The molecule has 0 radical (unpaired) electrons. The molecule has 0 saturated carbocycles. The molecule has 1 aromatic heterocycles. The van der Waals surface area contributed by atoms with Crippen molar-refractivity contribution < 1.29 is 5.11 Å². The number of benzene rings is 1. The Kier molecular flexibility index (Phi) is 4.16. The average molecular weight is 294 g/mol. The second-order valence-corrected chi connectivity index (χ2v) is 6.55. The van der Waals surface area contributed by atoms with Crippen molar-refractivity contribution in [3.8, 4) is 0 Å². The first-order chi connectivity index (χ1) is 9.32. The normalized spacial score (nSPS) is 15.1. The third kappa shape index (κ3) is 3.19. The van der Waals surface area contributed by atoms with Crippen LogP contribution in [0, 0.1) is 5.41 Å². The summed E-state index contributed by atoms with van der Waals surface area (Å²) in [5, 5.41) is 15.9. The molecule has 0 spiro atoms. The quantitative estimate of drug-likeness (QED) is 0.943. The maximum absolute atomic E-state index is 11.2. The Bertz CT molecular complexity index is 563. The summed E-state index contributed by atoms with van der Waals surface area (Å²) in [6.07, 6.45) is 3.55. The number of halogens is 1. The summed E-state index contributed by atoms with van der Waals surface area (Å²) in [6.45, 7) is 6.42. The molecule has 108 valence electrons. The molecule has 1 unspecified atom stereocenters. The Morgan fingerprint density at radius 2 is 1.95 bits per heavy atom. The lowest BCUT2D eigenvalue weighted by molar-refractivity contribution is -0.0730. The van der Waals surface area contributed by atoms with Crippen LogP contribution in [0.3, 0.4) is 0 Å². The minimum atomic E-state index is -0.967. The summed E-state index contributed by atoms with van der Waals surface area (Å²) in [7, 11) is 0. The molecule has 2 rings (SSSR count). The molecule has 0 saturated heterocycles. The van der Waals surface area contributed by atoms with Crippen molar-refractivity contribution in [1.82, 2.24) is 14.8 Å². The molecule has 20 heavy (non-hydrogen) atoms. The first-order valence-electron chi connectivity index (χ1n) is 6.60. The Morgan fingerprint density at radius 1 is 1.25 bits per heavy atom. The van der Waals surface area contributed by atoms with Gasteiger partial charge in [-0.1, -0.05) is 50.6 Å². The van der Waals surface area contributed by atoms with Gasteiger partial charge in [0.25, 0.3) is 0 Å². The van der Waals surface area contributed by atoms with E-state index in [1.54, 1.807) is 11.0 Å². The SMILES string of the molecule is CC(C)(C)C(O)(Cc1ccccc1Cl)Cn1cncn1. The molecule has 0 bridgehead atoms. The van der Waals surface area contributed by atoms with Gasteiger partial charge in [0.05, 0.1) is 12.1 Å². The molecule has 1 aromatic carbocycles. The van der Waals surface area contributed by atoms with Crippen LogP contribution < -0.4 is 0 Å². The fourth-order valence-electron chi connectivity index (χ4n) is 2.10. The topological polar surface area (TPSA) is 50.9 Å². The lowest BCUT2D eigenvalue weighted by Gasteiger charge is -2.40. The predicted molar refractivity (Wildman–Crippen MR) is 79.6 cm³/mol. The van der Waals surface area contributed by atoms with E-state index >= 15 is 0 Å². The molecule has 0 aliphatic rings. The second-order valence-electron chi connectivity index (χ2n) is 6.14. The Labute approximate surface area is 124 Å². The molecule has 0 aliphatic carbocycles. The molecular weight excluding hydrogens is 274 g/mol. The minimum absolute atomic E-state index is 0.321. The highest BCUT2D eigenvalue weighted by Gasteiger charge is 2.41. The molecular formula is C15H20ClN3O. The van der Waals surface area contributed by atoms with Gasteiger partial charge in [-0.3, -0.25) is 4.68 Å². The van der Waals surface area contributed by atoms with Crippen LogP contribution in [-0.4, -0.2) is 25.5 Å². The summed E-state index contributed by atoms with van der Waals surface area (Å²) < 4.78 is 1.65. The van der Waals surface area contributed by atoms with Gasteiger partial charge in [0, 0.05) is 11.4 Å². The van der Waals surface area contributed by atoms with Gasteiger partial charge in [-0.15, -0.1) is 0 Å². The zero-order chi connectivity index (χ0) is 14.8. The van der Waals surface area contributed by atoms with E-state index in [4.69, 9.17) is 11.6 Å². The van der Waals surface area contributed by atoms with Crippen LogP contribution in [0.25, 0.3) is 0 Å². The van der Waals surface area contributed by atoms with Gasteiger partial charge < -0.3 is 5.11 Å². The van der Waals surface area contributed by atoms with E-state index in [-0.39, 0.29) is 5.41 Å². The molecule has 1 heterocycles. The lowest BCUT2D eigenvalue weighted by Crippen LogP contribution is -2.48. The van der Waals surface area contributed by atoms with E-state index < -0.39 is 5.60 Å². The molecule has 0 fully saturated rings. The maximum atomic E-state index is 11.2. The van der Waals surface area contributed by atoms with E-state index in [2.05, 4.69) is 10.1 Å². The fraction of sp³-hybridized carbons (Fsp3) is 0.467. The second kappa shape index (κ2) is 5.54. The van der Waals surface area contributed by atoms with Gasteiger partial charge in [-0.05, 0) is 17.0 Å². The smallest absolute Gasteiger partial charge is 0.137 e. The highest BCUT2D eigenvalue weighted by atomic mass is 35.5. The number of hydrogen-bond acceptors (Lipinski definition) is 3. The molecule has 2 aromatic rings. The van der Waals surface area contributed by atoms with Gasteiger partial charge >= 0.3 is 0 Å². The summed E-state index contributed by atoms with van der Waals surface area (Å²) in [5.41, 5.74) is -0.351. The van der Waals surface area contributed by atoms with Crippen LogP contribution >= 0.6 is 11.6 Å². The van der Waals surface area contributed by atoms with Gasteiger partial charge in [-0.2, -0.15) is 5.10 Å². The van der Waals surface area contributed by atoms with Crippen LogP contribution in [0.2, 0.25) is 5.02 Å². The highest BCUT2D eigenvalue weighted by molar-refractivity contribution is 6.31. The molecule has 5 heteroatoms. The van der Waals surface area contributed by atoms with Crippen molar-refractivity contribution in [2.24, 2.45) is 5.41 Å². The minimum Gasteiger partial charge on any atom is -0.387 e. The highest BCUT2D eigenvalue weighted by Crippen LogP contribution is 2.36. The van der Waals surface area contributed by atoms with E-state index in [1.165, 1.54) is 6.33 Å². The van der Waals surface area contributed by atoms with Crippen molar-refractivity contribution in [3.05, 3.63) is 47.5 Å². The van der Waals surface area contributed by atoms with Crippen molar-refractivity contribution in [2.75, 3.05) is 0 Å². The van der Waals surface area contributed by atoms with Crippen molar-refractivity contribution in [2.45, 2.75) is 39.3 Å². The monoisotopic (exact) mass is 293 g/mol. The summed E-state index contributed by atoms with van der Waals surface area (Å²) in [6, 6.07) is 7.61.